The molecule has 2 heterocycles. The van der Waals surface area contributed by atoms with Gasteiger partial charge in [0.05, 0.1) is 6.54 Å². The Kier molecular flexibility index (Phi) is 3.83. The topological polar surface area (TPSA) is 30.7 Å². The second kappa shape index (κ2) is 6.28. The van der Waals surface area contributed by atoms with Crippen molar-refractivity contribution < 1.29 is 0 Å². The molecule has 0 aliphatic rings. The SMILES string of the molecule is Cc1ccccc1Cc1nc2cccnc2n1Cc1ccccc1. The monoisotopic (exact) mass is 313 g/mol. The summed E-state index contributed by atoms with van der Waals surface area (Å²) in [6, 6.07) is 22.9. The van der Waals surface area contributed by atoms with Gasteiger partial charge in [-0.05, 0) is 35.7 Å². The Hall–Kier alpha value is -2.94. The Morgan fingerprint density at radius 3 is 2.50 bits per heavy atom. The van der Waals surface area contributed by atoms with Crippen LogP contribution in [0.25, 0.3) is 11.2 Å². The molecule has 0 atom stereocenters. The molecule has 24 heavy (non-hydrogen) atoms. The molecule has 118 valence electrons. The van der Waals surface area contributed by atoms with E-state index in [1.54, 1.807) is 0 Å². The zero-order chi connectivity index (χ0) is 16.4. The molecule has 2 aromatic heterocycles. The molecule has 0 fully saturated rings. The number of hydrogen-bond acceptors (Lipinski definition) is 2. The molecule has 0 saturated heterocycles. The smallest absolute Gasteiger partial charge is 0.160 e. The third-order valence-corrected chi connectivity index (χ3v) is 4.38. The van der Waals surface area contributed by atoms with Gasteiger partial charge in [0.1, 0.15) is 11.3 Å². The highest BCUT2D eigenvalue weighted by molar-refractivity contribution is 5.71. The zero-order valence-electron chi connectivity index (χ0n) is 13.7. The van der Waals surface area contributed by atoms with Crippen LogP contribution in [-0.2, 0) is 13.0 Å². The van der Waals surface area contributed by atoms with E-state index in [0.717, 1.165) is 30.0 Å². The van der Waals surface area contributed by atoms with Gasteiger partial charge in [-0.25, -0.2) is 9.97 Å². The van der Waals surface area contributed by atoms with Gasteiger partial charge in [0.25, 0.3) is 0 Å². The molecule has 0 spiro atoms. The molecule has 4 rings (SSSR count). The lowest BCUT2D eigenvalue weighted by atomic mass is 10.1. The average molecular weight is 313 g/mol. The normalized spacial score (nSPS) is 11.0. The van der Waals surface area contributed by atoms with Crippen LogP contribution in [0.5, 0.6) is 0 Å². The summed E-state index contributed by atoms with van der Waals surface area (Å²) in [6.07, 6.45) is 2.65. The lowest BCUT2D eigenvalue weighted by Crippen LogP contribution is -2.07. The predicted molar refractivity (Wildman–Crippen MR) is 97.1 cm³/mol. The maximum absolute atomic E-state index is 4.85. The first-order chi connectivity index (χ1) is 11.8. The van der Waals surface area contributed by atoms with Crippen LogP contribution in [0.2, 0.25) is 0 Å². The number of fused-ring (bicyclic) bond motifs is 1. The molecule has 0 N–H and O–H groups in total. The van der Waals surface area contributed by atoms with Gasteiger partial charge < -0.3 is 4.57 Å². The molecule has 0 unspecified atom stereocenters. The third-order valence-electron chi connectivity index (χ3n) is 4.38. The first-order valence-electron chi connectivity index (χ1n) is 8.20. The van der Waals surface area contributed by atoms with Gasteiger partial charge in [-0.1, -0.05) is 54.6 Å². The highest BCUT2D eigenvalue weighted by Crippen LogP contribution is 2.20. The predicted octanol–water partition coefficient (Wildman–Crippen LogP) is 4.38. The number of aryl methyl sites for hydroxylation is 1. The molecular weight excluding hydrogens is 294 g/mol. The van der Waals surface area contributed by atoms with Gasteiger partial charge in [-0.3, -0.25) is 0 Å². The van der Waals surface area contributed by atoms with Crippen LogP contribution in [0.1, 0.15) is 22.5 Å². The van der Waals surface area contributed by atoms with Crippen LogP contribution in [-0.4, -0.2) is 14.5 Å². The molecule has 0 radical (unpaired) electrons. The van der Waals surface area contributed by atoms with E-state index in [4.69, 9.17) is 4.98 Å². The van der Waals surface area contributed by atoms with Gasteiger partial charge in [-0.15, -0.1) is 0 Å². The molecule has 3 heteroatoms. The largest absolute Gasteiger partial charge is 0.308 e. The van der Waals surface area contributed by atoms with Crippen LogP contribution in [0.4, 0.5) is 0 Å². The van der Waals surface area contributed by atoms with E-state index >= 15 is 0 Å². The molecule has 0 saturated carbocycles. The number of rotatable bonds is 4. The summed E-state index contributed by atoms with van der Waals surface area (Å²) in [5, 5.41) is 0. The summed E-state index contributed by atoms with van der Waals surface area (Å²) in [5.41, 5.74) is 5.77. The summed E-state index contributed by atoms with van der Waals surface area (Å²) in [5.74, 6) is 1.06. The lowest BCUT2D eigenvalue weighted by Gasteiger charge is -2.10. The van der Waals surface area contributed by atoms with Gasteiger partial charge in [-0.2, -0.15) is 0 Å². The van der Waals surface area contributed by atoms with E-state index in [1.807, 2.05) is 24.4 Å². The number of aromatic nitrogens is 3. The van der Waals surface area contributed by atoms with Crippen molar-refractivity contribution in [3.8, 4) is 0 Å². The second-order valence-corrected chi connectivity index (χ2v) is 6.05. The second-order valence-electron chi connectivity index (χ2n) is 6.05. The summed E-state index contributed by atoms with van der Waals surface area (Å²) in [4.78, 5) is 9.41. The summed E-state index contributed by atoms with van der Waals surface area (Å²) >= 11 is 0. The van der Waals surface area contributed by atoms with Crippen molar-refractivity contribution in [2.45, 2.75) is 19.9 Å². The van der Waals surface area contributed by atoms with Crippen molar-refractivity contribution in [3.63, 3.8) is 0 Å². The fourth-order valence-electron chi connectivity index (χ4n) is 3.05. The number of pyridine rings is 1. The Balaban J connectivity index is 1.79. The molecule has 0 aliphatic heterocycles. The number of benzene rings is 2. The van der Waals surface area contributed by atoms with Crippen LogP contribution in [0.15, 0.2) is 72.9 Å². The van der Waals surface area contributed by atoms with Crippen LogP contribution in [0.3, 0.4) is 0 Å². The van der Waals surface area contributed by atoms with E-state index in [-0.39, 0.29) is 0 Å². The van der Waals surface area contributed by atoms with Gasteiger partial charge in [0.15, 0.2) is 5.65 Å². The third kappa shape index (κ3) is 2.81. The first kappa shape index (κ1) is 14.6. The first-order valence-corrected chi connectivity index (χ1v) is 8.20. The molecule has 4 aromatic rings. The lowest BCUT2D eigenvalue weighted by molar-refractivity contribution is 0.754. The molecule has 3 nitrogen and oxygen atoms in total. The van der Waals surface area contributed by atoms with E-state index < -0.39 is 0 Å². The summed E-state index contributed by atoms with van der Waals surface area (Å²) in [6.45, 7) is 2.94. The Morgan fingerprint density at radius 1 is 0.875 bits per heavy atom. The minimum Gasteiger partial charge on any atom is -0.308 e. The molecule has 0 amide bonds. The van der Waals surface area contributed by atoms with Crippen LogP contribution >= 0.6 is 0 Å². The molecule has 0 bridgehead atoms. The summed E-state index contributed by atoms with van der Waals surface area (Å²) in [7, 11) is 0. The van der Waals surface area contributed by atoms with Crippen molar-refractivity contribution in [1.82, 2.24) is 14.5 Å². The van der Waals surface area contributed by atoms with Crippen LogP contribution < -0.4 is 0 Å². The van der Waals surface area contributed by atoms with Crippen molar-refractivity contribution in [2.75, 3.05) is 0 Å². The van der Waals surface area contributed by atoms with Crippen molar-refractivity contribution in [1.29, 1.82) is 0 Å². The van der Waals surface area contributed by atoms with Gasteiger partial charge >= 0.3 is 0 Å². The van der Waals surface area contributed by atoms with E-state index in [2.05, 4.69) is 65.0 Å². The quantitative estimate of drug-likeness (QED) is 0.560. The van der Waals surface area contributed by atoms with Gasteiger partial charge in [0.2, 0.25) is 0 Å². The highest BCUT2D eigenvalue weighted by Gasteiger charge is 2.13. The highest BCUT2D eigenvalue weighted by atomic mass is 15.1. The Labute approximate surface area is 141 Å². The molecule has 2 aromatic carbocycles. The van der Waals surface area contributed by atoms with E-state index in [1.165, 1.54) is 16.7 Å². The fraction of sp³-hybridized carbons (Fsp3) is 0.143. The van der Waals surface area contributed by atoms with Crippen molar-refractivity contribution in [2.24, 2.45) is 0 Å². The number of nitrogens with zero attached hydrogens (tertiary/aromatic N) is 3. The van der Waals surface area contributed by atoms with E-state index in [0.29, 0.717) is 0 Å². The molecule has 0 aliphatic carbocycles. The maximum atomic E-state index is 4.85. The number of hydrogen-bond donors (Lipinski definition) is 0. The number of imidazole rings is 1. The average Bonchev–Trinajstić information content (AvgIpc) is 2.95. The van der Waals surface area contributed by atoms with Crippen LogP contribution in [0, 0.1) is 6.92 Å². The minimum atomic E-state index is 0.787. The van der Waals surface area contributed by atoms with Crippen molar-refractivity contribution in [3.05, 3.63) is 95.4 Å². The summed E-state index contributed by atoms with van der Waals surface area (Å²) < 4.78 is 2.23. The molecular formula is C21H19N3. The Bertz CT molecular complexity index is 971. The Morgan fingerprint density at radius 2 is 1.67 bits per heavy atom. The van der Waals surface area contributed by atoms with Crippen molar-refractivity contribution >= 4 is 11.2 Å². The maximum Gasteiger partial charge on any atom is 0.160 e. The minimum absolute atomic E-state index is 0.787. The fourth-order valence-corrected chi connectivity index (χ4v) is 3.05. The van der Waals surface area contributed by atoms with E-state index in [9.17, 15) is 0 Å². The zero-order valence-corrected chi connectivity index (χ0v) is 13.7. The standard InChI is InChI=1S/C21H19N3/c1-16-8-5-6-11-18(16)14-20-23-19-12-7-13-22-21(19)24(20)15-17-9-3-2-4-10-17/h2-13H,14-15H2,1H3. The van der Waals surface area contributed by atoms with Gasteiger partial charge in [0, 0.05) is 12.6 Å².